The summed E-state index contributed by atoms with van der Waals surface area (Å²) < 4.78 is 0. The Kier molecular flexibility index (Phi) is 3.49. The average Bonchev–Trinajstić information content (AvgIpc) is 2.30. The number of piperazine rings is 1. The average molecular weight is 236 g/mol. The molecule has 0 unspecified atom stereocenters. The van der Waals surface area contributed by atoms with Crippen molar-refractivity contribution in [3.63, 3.8) is 0 Å². The van der Waals surface area contributed by atoms with Gasteiger partial charge in [-0.2, -0.15) is 0 Å². The Balaban J connectivity index is 1.90. The molecule has 1 aliphatic heterocycles. The Morgan fingerprint density at radius 2 is 1.88 bits per heavy atom. The SMILES string of the molecule is NC(=O)C[NH+]1CCN(c2ccc(O)cc2)CC1. The summed E-state index contributed by atoms with van der Waals surface area (Å²) in [6, 6.07) is 7.21. The zero-order valence-corrected chi connectivity index (χ0v) is 9.72. The van der Waals surface area contributed by atoms with Crippen LogP contribution in [0.25, 0.3) is 0 Å². The van der Waals surface area contributed by atoms with Crippen LogP contribution in [0.4, 0.5) is 5.69 Å². The Hall–Kier alpha value is -1.75. The fourth-order valence-electron chi connectivity index (χ4n) is 2.17. The fourth-order valence-corrected chi connectivity index (χ4v) is 2.17. The second kappa shape index (κ2) is 5.05. The number of phenolic OH excluding ortho intramolecular Hbond substituents is 1. The first-order valence-electron chi connectivity index (χ1n) is 5.81. The largest absolute Gasteiger partial charge is 0.508 e. The molecular formula is C12H18N3O2+. The third-order valence-corrected chi connectivity index (χ3v) is 3.11. The number of hydrogen-bond donors (Lipinski definition) is 3. The number of benzene rings is 1. The van der Waals surface area contributed by atoms with Crippen LogP contribution < -0.4 is 15.5 Å². The van der Waals surface area contributed by atoms with Gasteiger partial charge in [-0.15, -0.1) is 0 Å². The van der Waals surface area contributed by atoms with Gasteiger partial charge < -0.3 is 20.6 Å². The summed E-state index contributed by atoms with van der Waals surface area (Å²) in [5.74, 6) is 0.0461. The second-order valence-corrected chi connectivity index (χ2v) is 4.40. The molecule has 0 aromatic heterocycles. The van der Waals surface area contributed by atoms with Crippen LogP contribution in [0.3, 0.4) is 0 Å². The third kappa shape index (κ3) is 3.10. The summed E-state index contributed by atoms with van der Waals surface area (Å²) in [5.41, 5.74) is 6.30. The smallest absolute Gasteiger partial charge is 0.272 e. The third-order valence-electron chi connectivity index (χ3n) is 3.11. The van der Waals surface area contributed by atoms with Crippen molar-refractivity contribution in [1.82, 2.24) is 0 Å². The number of hydrogen-bond acceptors (Lipinski definition) is 3. The predicted molar refractivity (Wildman–Crippen MR) is 65.1 cm³/mol. The number of quaternary nitrogens is 1. The van der Waals surface area contributed by atoms with Crippen molar-refractivity contribution in [1.29, 1.82) is 0 Å². The first kappa shape index (κ1) is 11.7. The maximum atomic E-state index is 10.8. The fraction of sp³-hybridized carbons (Fsp3) is 0.417. The lowest BCUT2D eigenvalue weighted by molar-refractivity contribution is -0.892. The molecule has 17 heavy (non-hydrogen) atoms. The van der Waals surface area contributed by atoms with Crippen molar-refractivity contribution in [2.75, 3.05) is 37.6 Å². The minimum atomic E-state index is -0.238. The van der Waals surface area contributed by atoms with Gasteiger partial charge in [-0.05, 0) is 24.3 Å². The lowest BCUT2D eigenvalue weighted by Gasteiger charge is -2.33. The first-order chi connectivity index (χ1) is 8.15. The van der Waals surface area contributed by atoms with Crippen LogP contribution in [-0.2, 0) is 4.79 Å². The van der Waals surface area contributed by atoms with E-state index in [0.717, 1.165) is 31.9 Å². The van der Waals surface area contributed by atoms with Crippen LogP contribution in [0.1, 0.15) is 0 Å². The number of nitrogens with one attached hydrogen (secondary N) is 1. The zero-order valence-electron chi connectivity index (χ0n) is 9.72. The number of carbonyl (C=O) groups excluding carboxylic acids is 1. The quantitative estimate of drug-likeness (QED) is 0.603. The minimum absolute atomic E-state index is 0.238. The van der Waals surface area contributed by atoms with E-state index < -0.39 is 0 Å². The van der Waals surface area contributed by atoms with E-state index in [1.807, 2.05) is 12.1 Å². The lowest BCUT2D eigenvalue weighted by atomic mass is 10.2. The molecule has 0 bridgehead atoms. The molecule has 1 amide bonds. The molecule has 1 aromatic rings. The Morgan fingerprint density at radius 1 is 1.29 bits per heavy atom. The topological polar surface area (TPSA) is 71.0 Å². The van der Waals surface area contributed by atoms with Crippen LogP contribution in [0, 0.1) is 0 Å². The van der Waals surface area contributed by atoms with Crippen LogP contribution in [-0.4, -0.2) is 43.7 Å². The van der Waals surface area contributed by atoms with Gasteiger partial charge in [-0.25, -0.2) is 0 Å². The van der Waals surface area contributed by atoms with E-state index in [9.17, 15) is 9.90 Å². The molecule has 1 aromatic carbocycles. The van der Waals surface area contributed by atoms with Crippen LogP contribution >= 0.6 is 0 Å². The monoisotopic (exact) mass is 236 g/mol. The molecular weight excluding hydrogens is 218 g/mol. The van der Waals surface area contributed by atoms with Gasteiger partial charge in [0.05, 0.1) is 26.2 Å². The van der Waals surface area contributed by atoms with E-state index in [4.69, 9.17) is 5.73 Å². The summed E-state index contributed by atoms with van der Waals surface area (Å²) in [4.78, 5) is 14.3. The summed E-state index contributed by atoms with van der Waals surface area (Å²) >= 11 is 0. The molecule has 1 aliphatic rings. The summed E-state index contributed by atoms with van der Waals surface area (Å²) in [5, 5.41) is 9.22. The zero-order chi connectivity index (χ0) is 12.3. The number of rotatable bonds is 3. The number of anilines is 1. The molecule has 0 spiro atoms. The standard InChI is InChI=1S/C12H17N3O2/c13-12(17)9-14-5-7-15(8-6-14)10-1-3-11(16)4-2-10/h1-4,16H,5-9H2,(H2,13,17)/p+1. The first-order valence-corrected chi connectivity index (χ1v) is 5.81. The maximum Gasteiger partial charge on any atom is 0.272 e. The van der Waals surface area contributed by atoms with E-state index in [1.54, 1.807) is 12.1 Å². The number of primary amides is 1. The Bertz CT molecular complexity index is 383. The summed E-state index contributed by atoms with van der Waals surface area (Å²) in [7, 11) is 0. The van der Waals surface area contributed by atoms with Crippen molar-refractivity contribution in [2.24, 2.45) is 5.73 Å². The molecule has 4 N–H and O–H groups in total. The molecule has 5 nitrogen and oxygen atoms in total. The van der Waals surface area contributed by atoms with Crippen LogP contribution in [0.5, 0.6) is 5.75 Å². The normalized spacial score (nSPS) is 17.1. The van der Waals surface area contributed by atoms with Gasteiger partial charge in [0.15, 0.2) is 6.54 Å². The molecule has 1 fully saturated rings. The molecule has 0 radical (unpaired) electrons. The van der Waals surface area contributed by atoms with Crippen LogP contribution in [0.15, 0.2) is 24.3 Å². The van der Waals surface area contributed by atoms with Gasteiger partial charge in [0.2, 0.25) is 0 Å². The van der Waals surface area contributed by atoms with Crippen LogP contribution in [0.2, 0.25) is 0 Å². The molecule has 1 heterocycles. The molecule has 0 aliphatic carbocycles. The number of phenols is 1. The van der Waals surface area contributed by atoms with Crippen molar-refractivity contribution < 1.29 is 14.8 Å². The number of amides is 1. The highest BCUT2D eigenvalue weighted by Gasteiger charge is 2.21. The highest BCUT2D eigenvalue weighted by Crippen LogP contribution is 2.17. The summed E-state index contributed by atoms with van der Waals surface area (Å²) in [6.07, 6.45) is 0. The van der Waals surface area contributed by atoms with Gasteiger partial charge >= 0.3 is 0 Å². The predicted octanol–water partition coefficient (Wildman–Crippen LogP) is -1.42. The van der Waals surface area contributed by atoms with Gasteiger partial charge in [0.25, 0.3) is 5.91 Å². The van der Waals surface area contributed by atoms with Crippen molar-refractivity contribution >= 4 is 11.6 Å². The van der Waals surface area contributed by atoms with Crippen molar-refractivity contribution in [3.8, 4) is 5.75 Å². The number of nitrogens with zero attached hydrogens (tertiary/aromatic N) is 1. The summed E-state index contributed by atoms with van der Waals surface area (Å²) in [6.45, 7) is 4.08. The Labute approximate surface area is 100 Å². The molecule has 1 saturated heterocycles. The minimum Gasteiger partial charge on any atom is -0.508 e. The Morgan fingerprint density at radius 3 is 2.41 bits per heavy atom. The van der Waals surface area contributed by atoms with E-state index in [2.05, 4.69) is 4.90 Å². The molecule has 0 atom stereocenters. The molecule has 5 heteroatoms. The van der Waals surface area contributed by atoms with E-state index >= 15 is 0 Å². The highest BCUT2D eigenvalue weighted by molar-refractivity contribution is 5.74. The lowest BCUT2D eigenvalue weighted by Crippen LogP contribution is -3.15. The van der Waals surface area contributed by atoms with Gasteiger partial charge in [0, 0.05) is 5.69 Å². The van der Waals surface area contributed by atoms with E-state index in [-0.39, 0.29) is 11.7 Å². The second-order valence-electron chi connectivity index (χ2n) is 4.40. The van der Waals surface area contributed by atoms with Crippen molar-refractivity contribution in [3.05, 3.63) is 24.3 Å². The van der Waals surface area contributed by atoms with Gasteiger partial charge in [-0.1, -0.05) is 0 Å². The molecule has 2 rings (SSSR count). The maximum absolute atomic E-state index is 10.8. The van der Waals surface area contributed by atoms with Crippen molar-refractivity contribution in [2.45, 2.75) is 0 Å². The van der Waals surface area contributed by atoms with Gasteiger partial charge in [-0.3, -0.25) is 4.79 Å². The highest BCUT2D eigenvalue weighted by atomic mass is 16.3. The van der Waals surface area contributed by atoms with Gasteiger partial charge in [0.1, 0.15) is 5.75 Å². The van der Waals surface area contributed by atoms with E-state index in [1.165, 1.54) is 4.90 Å². The number of nitrogens with two attached hydrogens (primary N) is 1. The molecule has 92 valence electrons. The molecule has 0 saturated carbocycles. The number of aromatic hydroxyl groups is 1. The van der Waals surface area contributed by atoms with E-state index in [0.29, 0.717) is 6.54 Å². The number of carbonyl (C=O) groups is 1.